The van der Waals surface area contributed by atoms with E-state index < -0.39 is 65.2 Å². The van der Waals surface area contributed by atoms with Gasteiger partial charge in [-0.05, 0) is 64.4 Å². The number of ether oxygens (including phenoxy) is 2. The van der Waals surface area contributed by atoms with E-state index in [4.69, 9.17) is 9.47 Å². The normalized spacial score (nSPS) is 26.5. The smallest absolute Gasteiger partial charge is 0.313 e. The fourth-order valence-electron chi connectivity index (χ4n) is 8.63. The molecule has 10 nitrogen and oxygen atoms in total. The summed E-state index contributed by atoms with van der Waals surface area (Å²) in [5, 5.41) is 10.3. The van der Waals surface area contributed by atoms with Crippen LogP contribution in [0.25, 0.3) is 0 Å². The zero-order chi connectivity index (χ0) is 36.5. The second-order valence-electron chi connectivity index (χ2n) is 16.0. The molecule has 1 aromatic carbocycles. The van der Waals surface area contributed by atoms with E-state index in [1.165, 1.54) is 4.90 Å². The van der Waals surface area contributed by atoms with Crippen molar-refractivity contribution in [1.29, 1.82) is 0 Å². The molecule has 3 heterocycles. The minimum atomic E-state index is -1.26. The molecule has 0 saturated carbocycles. The lowest BCUT2D eigenvalue weighted by Crippen LogP contribution is -2.62. The molecular weight excluding hydrogens is 622 g/mol. The molecule has 0 aromatic heterocycles. The highest BCUT2D eigenvalue weighted by Gasteiger charge is 2.75. The third-order valence-electron chi connectivity index (χ3n) is 10.6. The number of esters is 1. The molecule has 1 aromatic rings. The number of nitrogens with zero attached hydrogens (tertiary/aromatic N) is 3. The van der Waals surface area contributed by atoms with E-state index in [9.17, 15) is 24.3 Å². The first-order chi connectivity index (χ1) is 23.0. The molecular formula is C39H57N3O7. The molecule has 10 heteroatoms. The first-order valence-electron chi connectivity index (χ1n) is 17.6. The number of likely N-dealkylation sites (tertiary alicyclic amines) is 1. The van der Waals surface area contributed by atoms with Crippen LogP contribution in [0.4, 0.5) is 0 Å². The number of carbonyl (C=O) groups excluding carboxylic acids is 4. The number of carbonyl (C=O) groups is 4. The Morgan fingerprint density at radius 2 is 1.78 bits per heavy atom. The molecule has 8 atom stereocenters. The summed E-state index contributed by atoms with van der Waals surface area (Å²) in [6.45, 7) is 21.5. The summed E-state index contributed by atoms with van der Waals surface area (Å²) in [7, 11) is 1.69. The Morgan fingerprint density at radius 1 is 1.12 bits per heavy atom. The fraction of sp³-hybridized carbons (Fsp3) is 0.641. The standard InChI is InChI=1S/C39H57N3O7/c1-11-13-19-29(44)40(10)26(4)32(27-17-15-14-16-18-27)48-36(47)30-28-20-21-39(49-28)31(30)34(45)42(25(3)23-43)33(39)35(46)41(22-12-2)38(8,9)24-37(5,6)7/h11-12,14-18,25-26,28,30-33,43H,1-2,13,19-24H2,3-10H3/t25-,26-,28-,30+,31+,32+,33-,39+/m1/s1. The van der Waals surface area contributed by atoms with E-state index >= 15 is 0 Å². The van der Waals surface area contributed by atoms with Crippen molar-refractivity contribution in [3.63, 3.8) is 0 Å². The van der Waals surface area contributed by atoms with Crippen LogP contribution in [0.5, 0.6) is 0 Å². The molecule has 3 aliphatic rings. The second kappa shape index (κ2) is 14.8. The van der Waals surface area contributed by atoms with Crippen molar-refractivity contribution >= 4 is 23.7 Å². The van der Waals surface area contributed by atoms with Gasteiger partial charge >= 0.3 is 5.97 Å². The summed E-state index contributed by atoms with van der Waals surface area (Å²) in [5.41, 5.74) is -1.23. The molecule has 0 radical (unpaired) electrons. The number of rotatable bonds is 15. The largest absolute Gasteiger partial charge is 0.455 e. The molecule has 3 saturated heterocycles. The van der Waals surface area contributed by atoms with Crippen LogP contribution in [-0.2, 0) is 28.7 Å². The number of aliphatic hydroxyl groups excluding tert-OH is 1. The Bertz CT molecular complexity index is 1400. The molecule has 3 fully saturated rings. The van der Waals surface area contributed by atoms with E-state index in [1.54, 1.807) is 35.9 Å². The predicted octanol–water partition coefficient (Wildman–Crippen LogP) is 5.07. The van der Waals surface area contributed by atoms with Gasteiger partial charge in [0.25, 0.3) is 0 Å². The molecule has 1 N–H and O–H groups in total. The molecule has 4 rings (SSSR count). The van der Waals surface area contributed by atoms with Gasteiger partial charge in [-0.15, -0.1) is 13.2 Å². The highest BCUT2D eigenvalue weighted by Crippen LogP contribution is 2.59. The maximum absolute atomic E-state index is 14.9. The monoisotopic (exact) mass is 679 g/mol. The molecule has 2 bridgehead atoms. The Labute approximate surface area is 292 Å². The Morgan fingerprint density at radius 3 is 2.35 bits per heavy atom. The first-order valence-corrected chi connectivity index (χ1v) is 17.6. The van der Waals surface area contributed by atoms with Crippen molar-refractivity contribution in [2.45, 2.75) is 122 Å². The van der Waals surface area contributed by atoms with Gasteiger partial charge in [-0.1, -0.05) is 63.3 Å². The van der Waals surface area contributed by atoms with E-state index in [2.05, 4.69) is 33.9 Å². The number of benzene rings is 1. The third-order valence-corrected chi connectivity index (χ3v) is 10.6. The third kappa shape index (κ3) is 7.36. The van der Waals surface area contributed by atoms with Crippen molar-refractivity contribution in [2.75, 3.05) is 20.2 Å². The average Bonchev–Trinajstić information content (AvgIpc) is 3.70. The van der Waals surface area contributed by atoms with Gasteiger partial charge in [0.2, 0.25) is 17.7 Å². The molecule has 1 spiro atoms. The van der Waals surface area contributed by atoms with Crippen LogP contribution in [0.1, 0.15) is 92.2 Å². The van der Waals surface area contributed by atoms with Crippen molar-refractivity contribution < 1.29 is 33.8 Å². The zero-order valence-electron chi connectivity index (χ0n) is 30.7. The number of hydrogen-bond donors (Lipinski definition) is 1. The predicted molar refractivity (Wildman–Crippen MR) is 188 cm³/mol. The molecule has 3 aliphatic heterocycles. The SMILES string of the molecule is C=CCCC(=O)N(C)[C@H](C)[C@H](OC(=O)[C@@H]1[C@H]2C(=O)N([C@H](C)CO)[C@H](C(=O)N(CC=C)C(C)(C)CC(C)(C)C)[C@]23CC[C@H]1O3)c1ccccc1. The van der Waals surface area contributed by atoms with Crippen LogP contribution in [0.3, 0.4) is 0 Å². The van der Waals surface area contributed by atoms with Gasteiger partial charge in [0.05, 0.1) is 36.6 Å². The van der Waals surface area contributed by atoms with Gasteiger partial charge in [0.1, 0.15) is 17.7 Å². The van der Waals surface area contributed by atoms with E-state index in [-0.39, 0.29) is 36.8 Å². The molecule has 270 valence electrons. The number of fused-ring (bicyclic) bond motifs is 1. The minimum absolute atomic E-state index is 0.0957. The van der Waals surface area contributed by atoms with Crippen molar-refractivity contribution in [1.82, 2.24) is 14.7 Å². The summed E-state index contributed by atoms with van der Waals surface area (Å²) in [6.07, 6.45) is 4.34. The maximum atomic E-state index is 14.9. The lowest BCUT2D eigenvalue weighted by atomic mass is 9.70. The van der Waals surface area contributed by atoms with Gasteiger partial charge in [-0.25, -0.2) is 0 Å². The van der Waals surface area contributed by atoms with Crippen LogP contribution in [0.15, 0.2) is 55.6 Å². The number of aliphatic hydroxyl groups is 1. The fourth-order valence-corrected chi connectivity index (χ4v) is 8.63. The Balaban J connectivity index is 1.72. The van der Waals surface area contributed by atoms with Crippen LogP contribution in [0.2, 0.25) is 0 Å². The lowest BCUT2D eigenvalue weighted by Gasteiger charge is -2.46. The Hall–Kier alpha value is -3.50. The van der Waals surface area contributed by atoms with Crippen molar-refractivity contribution in [3.8, 4) is 0 Å². The highest BCUT2D eigenvalue weighted by atomic mass is 16.6. The highest BCUT2D eigenvalue weighted by molar-refractivity contribution is 5.98. The van der Waals surface area contributed by atoms with Crippen molar-refractivity contribution in [3.05, 3.63) is 61.2 Å². The summed E-state index contributed by atoms with van der Waals surface area (Å²) in [6, 6.07) is 7.01. The van der Waals surface area contributed by atoms with E-state index in [0.29, 0.717) is 31.2 Å². The zero-order valence-corrected chi connectivity index (χ0v) is 30.7. The summed E-state index contributed by atoms with van der Waals surface area (Å²) in [5.74, 6) is -3.29. The van der Waals surface area contributed by atoms with Crippen LogP contribution < -0.4 is 0 Å². The van der Waals surface area contributed by atoms with Gasteiger partial charge in [-0.3, -0.25) is 19.2 Å². The van der Waals surface area contributed by atoms with Crippen LogP contribution in [0, 0.1) is 17.3 Å². The van der Waals surface area contributed by atoms with Gasteiger partial charge < -0.3 is 29.3 Å². The first kappa shape index (κ1) is 38.3. The average molecular weight is 680 g/mol. The summed E-state index contributed by atoms with van der Waals surface area (Å²) < 4.78 is 13.0. The van der Waals surface area contributed by atoms with Crippen LogP contribution >= 0.6 is 0 Å². The lowest BCUT2D eigenvalue weighted by molar-refractivity contribution is -0.165. The molecule has 49 heavy (non-hydrogen) atoms. The van der Waals surface area contributed by atoms with Gasteiger partial charge in [0.15, 0.2) is 0 Å². The summed E-state index contributed by atoms with van der Waals surface area (Å²) in [4.78, 5) is 61.6. The van der Waals surface area contributed by atoms with Crippen molar-refractivity contribution in [2.24, 2.45) is 17.3 Å². The second-order valence-corrected chi connectivity index (χ2v) is 16.0. The topological polar surface area (TPSA) is 117 Å². The number of allylic oxidation sites excluding steroid dienone is 1. The number of likely N-dealkylation sites (N-methyl/N-ethyl adjacent to an activating group) is 1. The number of amides is 3. The van der Waals surface area contributed by atoms with E-state index in [1.807, 2.05) is 51.1 Å². The molecule has 3 amide bonds. The number of hydrogen-bond acceptors (Lipinski definition) is 7. The van der Waals surface area contributed by atoms with Crippen LogP contribution in [-0.4, -0.2) is 99.1 Å². The maximum Gasteiger partial charge on any atom is 0.313 e. The minimum Gasteiger partial charge on any atom is -0.455 e. The quantitative estimate of drug-likeness (QED) is 0.203. The molecule has 0 aliphatic carbocycles. The van der Waals surface area contributed by atoms with Gasteiger partial charge in [0, 0.05) is 25.6 Å². The molecule has 0 unspecified atom stereocenters. The van der Waals surface area contributed by atoms with Gasteiger partial charge in [-0.2, -0.15) is 0 Å². The van der Waals surface area contributed by atoms with E-state index in [0.717, 1.165) is 0 Å². The summed E-state index contributed by atoms with van der Waals surface area (Å²) >= 11 is 0. The Kier molecular flexibility index (Phi) is 11.5.